The first-order valence-corrected chi connectivity index (χ1v) is 12.0. The highest BCUT2D eigenvalue weighted by Gasteiger charge is 2.17. The minimum absolute atomic E-state index is 0.271. The van der Waals surface area contributed by atoms with Crippen LogP contribution in [0.4, 0.5) is 0 Å². The van der Waals surface area contributed by atoms with Gasteiger partial charge in [0.25, 0.3) is 0 Å². The van der Waals surface area contributed by atoms with Gasteiger partial charge < -0.3 is 9.47 Å². The van der Waals surface area contributed by atoms with Gasteiger partial charge in [0.1, 0.15) is 11.5 Å². The van der Waals surface area contributed by atoms with Crippen LogP contribution in [-0.2, 0) is 9.84 Å². The van der Waals surface area contributed by atoms with Crippen molar-refractivity contribution in [1.29, 1.82) is 0 Å². The number of rotatable bonds is 5. The molecule has 170 valence electrons. The minimum atomic E-state index is -3.44. The molecule has 0 unspecified atom stereocenters. The third kappa shape index (κ3) is 6.24. The number of methoxy groups -OCH3 is 2. The van der Waals surface area contributed by atoms with Crippen LogP contribution < -0.4 is 9.47 Å². The Hall–Kier alpha value is -3.57. The fraction of sp³-hybridized carbons (Fsp3) is 0.143. The monoisotopic (exact) mass is 460 g/mol. The van der Waals surface area contributed by atoms with E-state index in [4.69, 9.17) is 9.47 Å². The van der Waals surface area contributed by atoms with E-state index in [2.05, 4.69) is 43.3 Å². The van der Waals surface area contributed by atoms with Crippen LogP contribution in [0.15, 0.2) is 107 Å². The van der Waals surface area contributed by atoms with Crippen LogP contribution >= 0.6 is 0 Å². The third-order valence-corrected chi connectivity index (χ3v) is 6.96. The molecule has 0 aliphatic carbocycles. The Morgan fingerprint density at radius 3 is 1.18 bits per heavy atom. The maximum absolute atomic E-state index is 12.3. The first kappa shape index (κ1) is 24.1. The van der Waals surface area contributed by atoms with Crippen molar-refractivity contribution in [2.75, 3.05) is 14.2 Å². The average molecular weight is 461 g/mol. The smallest absolute Gasteiger partial charge is 0.206 e. The highest BCUT2D eigenvalue weighted by atomic mass is 32.2. The molecule has 4 nitrogen and oxygen atoms in total. The topological polar surface area (TPSA) is 52.6 Å². The molecule has 0 fully saturated rings. The van der Waals surface area contributed by atoms with E-state index in [0.29, 0.717) is 10.6 Å². The molecule has 0 aromatic heterocycles. The maximum atomic E-state index is 12.3. The van der Waals surface area contributed by atoms with E-state index in [0.717, 1.165) is 11.3 Å². The van der Waals surface area contributed by atoms with Gasteiger partial charge in [-0.2, -0.15) is 0 Å². The van der Waals surface area contributed by atoms with Crippen LogP contribution in [0.25, 0.3) is 11.1 Å². The van der Waals surface area contributed by atoms with Crippen molar-refractivity contribution in [3.05, 3.63) is 108 Å². The molecule has 0 radical (unpaired) electrons. The lowest BCUT2D eigenvalue weighted by molar-refractivity contribution is 0.414. The molecule has 4 rings (SSSR count). The van der Waals surface area contributed by atoms with Crippen molar-refractivity contribution in [3.8, 4) is 22.6 Å². The Bertz CT molecular complexity index is 1260. The lowest BCUT2D eigenvalue weighted by atomic mass is 10.0. The summed E-state index contributed by atoms with van der Waals surface area (Å²) in [6.45, 7) is 4.02. The number of sulfone groups is 1. The van der Waals surface area contributed by atoms with E-state index in [1.165, 1.54) is 16.7 Å². The van der Waals surface area contributed by atoms with Crippen molar-refractivity contribution in [3.63, 3.8) is 0 Å². The molecule has 0 spiro atoms. The van der Waals surface area contributed by atoms with Gasteiger partial charge in [-0.05, 0) is 73.5 Å². The van der Waals surface area contributed by atoms with E-state index in [9.17, 15) is 8.42 Å². The molecule has 0 saturated carbocycles. The highest BCUT2D eigenvalue weighted by Crippen LogP contribution is 2.24. The van der Waals surface area contributed by atoms with Gasteiger partial charge in [-0.3, -0.25) is 0 Å². The standard InChI is InChI=1S/C14H14O3S.C14H14O/c1-11-3-7-13(8-4-11)18(15,16)14-9-5-12(17-2)6-10-14;1-11-3-5-12(6-4-11)13-7-9-14(15-2)10-8-13/h3-10H,1-2H3;3-10H,1-2H3. The quantitative estimate of drug-likeness (QED) is 0.341. The van der Waals surface area contributed by atoms with Gasteiger partial charge in [0, 0.05) is 0 Å². The van der Waals surface area contributed by atoms with Crippen molar-refractivity contribution in [2.45, 2.75) is 23.6 Å². The summed E-state index contributed by atoms with van der Waals surface area (Å²) in [5, 5.41) is 0. The molecule has 0 amide bonds. The van der Waals surface area contributed by atoms with Crippen molar-refractivity contribution in [1.82, 2.24) is 0 Å². The first-order chi connectivity index (χ1) is 15.8. The summed E-state index contributed by atoms with van der Waals surface area (Å²) in [7, 11) is -0.210. The molecule has 0 bridgehead atoms. The summed E-state index contributed by atoms with van der Waals surface area (Å²) < 4.78 is 34.7. The summed E-state index contributed by atoms with van der Waals surface area (Å²) in [5.41, 5.74) is 4.77. The molecule has 33 heavy (non-hydrogen) atoms. The lowest BCUT2D eigenvalue weighted by Gasteiger charge is -2.06. The third-order valence-electron chi connectivity index (χ3n) is 5.18. The fourth-order valence-corrected chi connectivity index (χ4v) is 4.40. The van der Waals surface area contributed by atoms with Gasteiger partial charge in [0.15, 0.2) is 0 Å². The van der Waals surface area contributed by atoms with Crippen LogP contribution in [0.3, 0.4) is 0 Å². The number of ether oxygens (including phenoxy) is 2. The SMILES string of the molecule is COc1ccc(-c2ccc(C)cc2)cc1.COc1ccc(S(=O)(=O)c2ccc(C)cc2)cc1. The van der Waals surface area contributed by atoms with Crippen molar-refractivity contribution < 1.29 is 17.9 Å². The second-order valence-electron chi connectivity index (χ2n) is 7.59. The van der Waals surface area contributed by atoms with Crippen LogP contribution in [0.2, 0.25) is 0 Å². The molecule has 4 aromatic rings. The number of benzene rings is 4. The number of hydrogen-bond acceptors (Lipinski definition) is 4. The van der Waals surface area contributed by atoms with Gasteiger partial charge in [-0.15, -0.1) is 0 Å². The van der Waals surface area contributed by atoms with E-state index in [-0.39, 0.29) is 4.90 Å². The number of aryl methyl sites for hydroxylation is 2. The minimum Gasteiger partial charge on any atom is -0.497 e. The van der Waals surface area contributed by atoms with Crippen LogP contribution in [-0.4, -0.2) is 22.6 Å². The summed E-state index contributed by atoms with van der Waals surface area (Å²) in [6.07, 6.45) is 0. The molecular formula is C28H28O4S. The Morgan fingerprint density at radius 2 is 0.788 bits per heavy atom. The largest absolute Gasteiger partial charge is 0.497 e. The van der Waals surface area contributed by atoms with E-state index < -0.39 is 9.84 Å². The van der Waals surface area contributed by atoms with E-state index in [1.807, 2.05) is 19.1 Å². The second-order valence-corrected chi connectivity index (χ2v) is 9.54. The second kappa shape index (κ2) is 10.8. The summed E-state index contributed by atoms with van der Waals surface area (Å²) in [5.74, 6) is 1.53. The molecular weight excluding hydrogens is 432 g/mol. The van der Waals surface area contributed by atoms with Gasteiger partial charge >= 0.3 is 0 Å². The Labute approximate surface area is 196 Å². The Morgan fingerprint density at radius 1 is 0.485 bits per heavy atom. The average Bonchev–Trinajstić information content (AvgIpc) is 2.85. The highest BCUT2D eigenvalue weighted by molar-refractivity contribution is 7.91. The molecule has 0 aliphatic heterocycles. The summed E-state index contributed by atoms with van der Waals surface area (Å²) in [6, 6.07) is 29.8. The van der Waals surface area contributed by atoms with E-state index >= 15 is 0 Å². The van der Waals surface area contributed by atoms with Crippen LogP contribution in [0, 0.1) is 13.8 Å². The zero-order valence-electron chi connectivity index (χ0n) is 19.3. The zero-order chi connectivity index (χ0) is 23.8. The van der Waals surface area contributed by atoms with Crippen LogP contribution in [0.5, 0.6) is 11.5 Å². The molecule has 0 saturated heterocycles. The first-order valence-electron chi connectivity index (χ1n) is 10.5. The molecule has 0 heterocycles. The van der Waals surface area contributed by atoms with E-state index in [1.54, 1.807) is 62.8 Å². The maximum Gasteiger partial charge on any atom is 0.206 e. The fourth-order valence-electron chi connectivity index (χ4n) is 3.14. The predicted octanol–water partition coefficient (Wildman–Crippen LogP) is 6.51. The van der Waals surface area contributed by atoms with Gasteiger partial charge in [0.2, 0.25) is 9.84 Å². The van der Waals surface area contributed by atoms with Crippen molar-refractivity contribution in [2.24, 2.45) is 0 Å². The van der Waals surface area contributed by atoms with Gasteiger partial charge in [-0.1, -0.05) is 59.7 Å². The molecule has 4 aromatic carbocycles. The summed E-state index contributed by atoms with van der Waals surface area (Å²) in [4.78, 5) is 0.574. The Kier molecular flexibility index (Phi) is 7.91. The van der Waals surface area contributed by atoms with Gasteiger partial charge in [0.05, 0.1) is 24.0 Å². The molecule has 0 N–H and O–H groups in total. The number of hydrogen-bond donors (Lipinski definition) is 0. The Balaban J connectivity index is 0.000000189. The lowest BCUT2D eigenvalue weighted by Crippen LogP contribution is -2.01. The molecule has 0 atom stereocenters. The predicted molar refractivity (Wildman–Crippen MR) is 133 cm³/mol. The van der Waals surface area contributed by atoms with Crippen molar-refractivity contribution >= 4 is 9.84 Å². The zero-order valence-corrected chi connectivity index (χ0v) is 20.1. The normalized spacial score (nSPS) is 10.7. The molecule has 5 heteroatoms. The summed E-state index contributed by atoms with van der Waals surface area (Å²) >= 11 is 0. The van der Waals surface area contributed by atoms with Crippen LogP contribution in [0.1, 0.15) is 11.1 Å². The van der Waals surface area contributed by atoms with Gasteiger partial charge in [-0.25, -0.2) is 8.42 Å². The molecule has 0 aliphatic rings.